The first-order chi connectivity index (χ1) is 14.2. The molecule has 2 aromatic rings. The number of phenols is 1. The van der Waals surface area contributed by atoms with Crippen LogP contribution in [0, 0.1) is 12.8 Å². The Morgan fingerprint density at radius 3 is 2.70 bits per heavy atom. The molecule has 0 amide bonds. The Bertz CT molecular complexity index is 918. The maximum Gasteiger partial charge on any atom is 0.416 e. The molecule has 9 heteroatoms. The van der Waals surface area contributed by atoms with Gasteiger partial charge >= 0.3 is 12.1 Å². The lowest BCUT2D eigenvalue weighted by molar-refractivity contribution is -0.142. The SMILES string of the molecule is COC(=O)CN1CCC[C@@H](Cc2cc(C)c(-c3ccc(C(F)(F)F)cc3O)nn2)C1. The second-order valence-electron chi connectivity index (χ2n) is 7.62. The standard InChI is InChI=1S/C21H24F3N3O3/c1-13-8-16(9-14-4-3-7-27(11-14)12-19(29)30-2)25-26-20(13)17-6-5-15(10-18(17)28)21(22,23)24/h5-6,8,10,14,28H,3-4,7,9,11-12H2,1-2H3/t14-/m0/s1. The van der Waals surface area contributed by atoms with Gasteiger partial charge in [0.05, 0.1) is 30.6 Å². The molecule has 1 aromatic carbocycles. The first kappa shape index (κ1) is 22.0. The minimum Gasteiger partial charge on any atom is -0.507 e. The number of aryl methyl sites for hydroxylation is 1. The molecule has 2 heterocycles. The number of carbonyl (C=O) groups is 1. The molecule has 1 N–H and O–H groups in total. The molecule has 1 saturated heterocycles. The first-order valence-corrected chi connectivity index (χ1v) is 9.70. The summed E-state index contributed by atoms with van der Waals surface area (Å²) in [4.78, 5) is 13.6. The zero-order valence-electron chi connectivity index (χ0n) is 16.9. The lowest BCUT2D eigenvalue weighted by Crippen LogP contribution is -2.39. The van der Waals surface area contributed by atoms with Crippen LogP contribution in [0.4, 0.5) is 13.2 Å². The minimum absolute atomic E-state index is 0.210. The number of esters is 1. The Labute approximate surface area is 172 Å². The number of piperidine rings is 1. The van der Waals surface area contributed by atoms with Crippen molar-refractivity contribution in [3.05, 3.63) is 41.1 Å². The van der Waals surface area contributed by atoms with Crippen molar-refractivity contribution in [2.24, 2.45) is 5.92 Å². The van der Waals surface area contributed by atoms with Gasteiger partial charge in [-0.3, -0.25) is 9.69 Å². The highest BCUT2D eigenvalue weighted by Gasteiger charge is 2.31. The van der Waals surface area contributed by atoms with Gasteiger partial charge in [-0.25, -0.2) is 0 Å². The molecule has 0 radical (unpaired) electrons. The molecule has 1 atom stereocenters. The molecule has 0 unspecified atom stereocenters. The summed E-state index contributed by atoms with van der Waals surface area (Å²) >= 11 is 0. The molecule has 162 valence electrons. The number of alkyl halides is 3. The van der Waals surface area contributed by atoms with Crippen LogP contribution < -0.4 is 0 Å². The molecule has 0 spiro atoms. The van der Waals surface area contributed by atoms with Crippen LogP contribution in [0.3, 0.4) is 0 Å². The van der Waals surface area contributed by atoms with E-state index in [-0.39, 0.29) is 18.1 Å². The highest BCUT2D eigenvalue weighted by molar-refractivity contribution is 5.71. The van der Waals surface area contributed by atoms with Crippen molar-refractivity contribution in [1.82, 2.24) is 15.1 Å². The van der Waals surface area contributed by atoms with Crippen LogP contribution >= 0.6 is 0 Å². The highest BCUT2D eigenvalue weighted by Crippen LogP contribution is 2.36. The molecule has 1 aromatic heterocycles. The summed E-state index contributed by atoms with van der Waals surface area (Å²) in [5.74, 6) is -0.421. The zero-order chi connectivity index (χ0) is 21.9. The number of methoxy groups -OCH3 is 1. The number of phenolic OH excluding ortho intramolecular Hbond substituents is 1. The number of carbonyl (C=O) groups excluding carboxylic acids is 1. The Kier molecular flexibility index (Phi) is 6.60. The quantitative estimate of drug-likeness (QED) is 0.741. The van der Waals surface area contributed by atoms with Gasteiger partial charge in [0.25, 0.3) is 0 Å². The van der Waals surface area contributed by atoms with E-state index in [0.717, 1.165) is 43.3 Å². The van der Waals surface area contributed by atoms with E-state index in [4.69, 9.17) is 4.74 Å². The maximum absolute atomic E-state index is 12.8. The molecule has 1 fully saturated rings. The summed E-state index contributed by atoms with van der Waals surface area (Å²) in [7, 11) is 1.37. The van der Waals surface area contributed by atoms with Crippen LogP contribution in [0.2, 0.25) is 0 Å². The van der Waals surface area contributed by atoms with Gasteiger partial charge in [-0.2, -0.15) is 18.3 Å². The van der Waals surface area contributed by atoms with E-state index in [1.165, 1.54) is 13.2 Å². The van der Waals surface area contributed by atoms with E-state index in [9.17, 15) is 23.1 Å². The van der Waals surface area contributed by atoms with Gasteiger partial charge in [-0.15, -0.1) is 5.10 Å². The van der Waals surface area contributed by atoms with Gasteiger partial charge in [0, 0.05) is 12.1 Å². The van der Waals surface area contributed by atoms with E-state index in [1.54, 1.807) is 6.92 Å². The molecule has 6 nitrogen and oxygen atoms in total. The third kappa shape index (κ3) is 5.27. The zero-order valence-corrected chi connectivity index (χ0v) is 16.9. The van der Waals surface area contributed by atoms with Crippen LogP contribution in [0.5, 0.6) is 5.75 Å². The number of halogens is 3. The number of hydrogen-bond acceptors (Lipinski definition) is 6. The van der Waals surface area contributed by atoms with Crippen LogP contribution in [0.25, 0.3) is 11.3 Å². The summed E-state index contributed by atoms with van der Waals surface area (Å²) in [6.45, 7) is 3.67. The van der Waals surface area contributed by atoms with E-state index >= 15 is 0 Å². The molecule has 0 aliphatic carbocycles. The summed E-state index contributed by atoms with van der Waals surface area (Å²) in [6.07, 6.45) is -1.85. The minimum atomic E-state index is -4.53. The molecule has 1 aliphatic heterocycles. The van der Waals surface area contributed by atoms with Gasteiger partial charge in [0.1, 0.15) is 5.75 Å². The smallest absolute Gasteiger partial charge is 0.416 e. The van der Waals surface area contributed by atoms with Crippen molar-refractivity contribution in [3.8, 4) is 17.0 Å². The number of benzene rings is 1. The second kappa shape index (κ2) is 8.99. The molecule has 0 bridgehead atoms. The van der Waals surface area contributed by atoms with Crippen molar-refractivity contribution in [2.75, 3.05) is 26.7 Å². The van der Waals surface area contributed by atoms with Gasteiger partial charge in [-0.1, -0.05) is 0 Å². The van der Waals surface area contributed by atoms with Gasteiger partial charge < -0.3 is 9.84 Å². The van der Waals surface area contributed by atoms with Crippen molar-refractivity contribution in [1.29, 1.82) is 0 Å². The maximum atomic E-state index is 12.8. The Balaban J connectivity index is 1.72. The average molecular weight is 423 g/mol. The predicted octanol–water partition coefficient (Wildman–Crippen LogP) is 3.60. The number of nitrogens with zero attached hydrogens (tertiary/aromatic N) is 3. The third-order valence-electron chi connectivity index (χ3n) is 5.30. The van der Waals surface area contributed by atoms with E-state index in [2.05, 4.69) is 15.1 Å². The van der Waals surface area contributed by atoms with Crippen LogP contribution in [-0.2, 0) is 22.1 Å². The normalized spacial score (nSPS) is 17.7. The van der Waals surface area contributed by atoms with E-state index in [0.29, 0.717) is 24.1 Å². The third-order valence-corrected chi connectivity index (χ3v) is 5.30. The van der Waals surface area contributed by atoms with Gasteiger partial charge in [0.15, 0.2) is 0 Å². The first-order valence-electron chi connectivity index (χ1n) is 9.70. The fourth-order valence-electron chi connectivity index (χ4n) is 3.82. The fourth-order valence-corrected chi connectivity index (χ4v) is 3.82. The molecular weight excluding hydrogens is 399 g/mol. The predicted molar refractivity (Wildman–Crippen MR) is 104 cm³/mol. The van der Waals surface area contributed by atoms with Crippen molar-refractivity contribution in [2.45, 2.75) is 32.4 Å². The van der Waals surface area contributed by atoms with E-state index < -0.39 is 17.5 Å². The molecule has 3 rings (SSSR count). The Hall–Kier alpha value is -2.68. The molecular formula is C21H24F3N3O3. The number of aromatic hydroxyl groups is 1. The van der Waals surface area contributed by atoms with Gasteiger partial charge in [-0.05, 0) is 68.5 Å². The highest BCUT2D eigenvalue weighted by atomic mass is 19.4. The van der Waals surface area contributed by atoms with Crippen molar-refractivity contribution >= 4 is 5.97 Å². The Morgan fingerprint density at radius 2 is 2.07 bits per heavy atom. The monoisotopic (exact) mass is 423 g/mol. The van der Waals surface area contributed by atoms with Crippen LogP contribution in [-0.4, -0.2) is 52.9 Å². The fraction of sp³-hybridized carbons (Fsp3) is 0.476. The topological polar surface area (TPSA) is 75.5 Å². The number of aromatic nitrogens is 2. The van der Waals surface area contributed by atoms with E-state index in [1.807, 2.05) is 6.07 Å². The Morgan fingerprint density at radius 1 is 1.30 bits per heavy atom. The molecule has 1 aliphatic rings. The lowest BCUT2D eigenvalue weighted by atomic mass is 9.92. The van der Waals surface area contributed by atoms with Crippen LogP contribution in [0.15, 0.2) is 24.3 Å². The summed E-state index contributed by atoms with van der Waals surface area (Å²) in [6, 6.07) is 4.67. The lowest BCUT2D eigenvalue weighted by Gasteiger charge is -2.31. The summed E-state index contributed by atoms with van der Waals surface area (Å²) in [5.41, 5.74) is 1.13. The summed E-state index contributed by atoms with van der Waals surface area (Å²) < 4.78 is 43.1. The summed E-state index contributed by atoms with van der Waals surface area (Å²) in [5, 5.41) is 18.5. The number of rotatable bonds is 5. The number of hydrogen-bond donors (Lipinski definition) is 1. The largest absolute Gasteiger partial charge is 0.507 e. The average Bonchev–Trinajstić information content (AvgIpc) is 2.68. The molecule has 0 saturated carbocycles. The van der Waals surface area contributed by atoms with Crippen LogP contribution in [0.1, 0.15) is 29.7 Å². The second-order valence-corrected chi connectivity index (χ2v) is 7.62. The number of likely N-dealkylation sites (tertiary alicyclic amines) is 1. The van der Waals surface area contributed by atoms with Crippen molar-refractivity contribution < 1.29 is 27.8 Å². The number of ether oxygens (including phenoxy) is 1. The van der Waals surface area contributed by atoms with Crippen molar-refractivity contribution in [3.63, 3.8) is 0 Å². The molecule has 30 heavy (non-hydrogen) atoms. The van der Waals surface area contributed by atoms with Gasteiger partial charge in [0.2, 0.25) is 0 Å².